The van der Waals surface area contributed by atoms with Crippen LogP contribution in [0.1, 0.15) is 30.5 Å². The maximum atomic E-state index is 13.4. The molecule has 1 aromatic heterocycles. The second-order valence-corrected chi connectivity index (χ2v) is 5.07. The fourth-order valence-corrected chi connectivity index (χ4v) is 2.57. The number of aromatic hydroxyl groups is 1. The van der Waals surface area contributed by atoms with Crippen LogP contribution in [0.25, 0.3) is 11.4 Å². The van der Waals surface area contributed by atoms with Crippen molar-refractivity contribution in [3.8, 4) is 17.1 Å². The quantitative estimate of drug-likeness (QED) is 0.785. The Labute approximate surface area is 115 Å². The van der Waals surface area contributed by atoms with Gasteiger partial charge < -0.3 is 10.1 Å². The zero-order chi connectivity index (χ0) is 14.1. The molecule has 2 aromatic rings. The van der Waals surface area contributed by atoms with Gasteiger partial charge >= 0.3 is 0 Å². The third-order valence-corrected chi connectivity index (χ3v) is 3.66. The van der Waals surface area contributed by atoms with Crippen LogP contribution in [0.5, 0.6) is 5.75 Å². The van der Waals surface area contributed by atoms with Crippen molar-refractivity contribution in [3.63, 3.8) is 0 Å². The number of aromatic nitrogens is 2. The largest absolute Gasteiger partial charge is 0.505 e. The molecule has 20 heavy (non-hydrogen) atoms. The molecule has 0 atom stereocenters. The average Bonchev–Trinajstić information content (AvgIpc) is 2.67. The minimum Gasteiger partial charge on any atom is -0.505 e. The van der Waals surface area contributed by atoms with E-state index in [2.05, 4.69) is 9.97 Å². The summed E-state index contributed by atoms with van der Waals surface area (Å²) in [6, 6.07) is 3.98. The predicted molar refractivity (Wildman–Crippen MR) is 73.2 cm³/mol. The van der Waals surface area contributed by atoms with Gasteiger partial charge in [0.15, 0.2) is 11.6 Å². The number of fused-ring (bicyclic) bond motifs is 1. The van der Waals surface area contributed by atoms with E-state index < -0.39 is 11.6 Å². The lowest BCUT2D eigenvalue weighted by Gasteiger charge is -2.08. The van der Waals surface area contributed by atoms with Gasteiger partial charge in [-0.15, -0.1) is 0 Å². The van der Waals surface area contributed by atoms with Gasteiger partial charge in [0.2, 0.25) is 0 Å². The van der Waals surface area contributed by atoms with E-state index in [0.717, 1.165) is 43.4 Å². The molecule has 0 unspecified atom stereocenters. The van der Waals surface area contributed by atoms with Gasteiger partial charge in [-0.25, -0.2) is 9.37 Å². The molecule has 0 bridgehead atoms. The van der Waals surface area contributed by atoms with E-state index in [-0.39, 0.29) is 5.56 Å². The Morgan fingerprint density at radius 1 is 1.20 bits per heavy atom. The van der Waals surface area contributed by atoms with Crippen LogP contribution in [0.3, 0.4) is 0 Å². The zero-order valence-corrected chi connectivity index (χ0v) is 10.9. The highest BCUT2D eigenvalue weighted by molar-refractivity contribution is 5.56. The summed E-state index contributed by atoms with van der Waals surface area (Å²) in [4.78, 5) is 19.3. The minimum atomic E-state index is -0.722. The Hall–Kier alpha value is -2.17. The van der Waals surface area contributed by atoms with Gasteiger partial charge in [0, 0.05) is 11.1 Å². The molecule has 4 nitrogen and oxygen atoms in total. The van der Waals surface area contributed by atoms with Crippen molar-refractivity contribution in [1.82, 2.24) is 9.97 Å². The summed E-state index contributed by atoms with van der Waals surface area (Å²) in [7, 11) is 0. The van der Waals surface area contributed by atoms with Gasteiger partial charge in [0.05, 0.1) is 5.69 Å². The number of hydrogen-bond donors (Lipinski definition) is 2. The maximum Gasteiger partial charge on any atom is 0.254 e. The number of nitrogens with zero attached hydrogens (tertiary/aromatic N) is 1. The lowest BCUT2D eigenvalue weighted by Crippen LogP contribution is -2.18. The van der Waals surface area contributed by atoms with E-state index >= 15 is 0 Å². The monoisotopic (exact) mass is 274 g/mol. The molecule has 3 rings (SSSR count). The molecule has 0 amide bonds. The molecule has 0 fully saturated rings. The summed E-state index contributed by atoms with van der Waals surface area (Å²) in [6.07, 6.45) is 4.66. The van der Waals surface area contributed by atoms with Crippen LogP contribution in [0.15, 0.2) is 23.0 Å². The van der Waals surface area contributed by atoms with Gasteiger partial charge in [-0.2, -0.15) is 0 Å². The van der Waals surface area contributed by atoms with Crippen molar-refractivity contribution in [1.29, 1.82) is 0 Å². The summed E-state index contributed by atoms with van der Waals surface area (Å²) < 4.78 is 13.4. The highest BCUT2D eigenvalue weighted by atomic mass is 19.1. The van der Waals surface area contributed by atoms with Crippen molar-refractivity contribution in [2.45, 2.75) is 32.1 Å². The Bertz CT molecular complexity index is 710. The van der Waals surface area contributed by atoms with Crippen LogP contribution in [0, 0.1) is 5.82 Å². The van der Waals surface area contributed by atoms with Crippen LogP contribution in [0.4, 0.5) is 4.39 Å². The smallest absolute Gasteiger partial charge is 0.254 e. The number of phenolic OH excluding ortho intramolecular Hbond substituents is 1. The zero-order valence-electron chi connectivity index (χ0n) is 10.9. The first-order valence-corrected chi connectivity index (χ1v) is 6.76. The summed E-state index contributed by atoms with van der Waals surface area (Å²) in [5.41, 5.74) is 1.89. The highest BCUT2D eigenvalue weighted by Gasteiger charge is 2.15. The van der Waals surface area contributed by atoms with Crippen molar-refractivity contribution in [3.05, 3.63) is 45.6 Å². The third-order valence-electron chi connectivity index (χ3n) is 3.66. The molecule has 1 aromatic carbocycles. The summed E-state index contributed by atoms with van der Waals surface area (Å²) >= 11 is 0. The minimum absolute atomic E-state index is 0.139. The number of nitrogens with one attached hydrogen (secondary N) is 1. The van der Waals surface area contributed by atoms with Crippen molar-refractivity contribution in [2.75, 3.05) is 0 Å². The first kappa shape index (κ1) is 12.8. The Morgan fingerprint density at radius 3 is 2.80 bits per heavy atom. The molecule has 0 aliphatic heterocycles. The van der Waals surface area contributed by atoms with Crippen molar-refractivity contribution < 1.29 is 9.50 Å². The van der Waals surface area contributed by atoms with Crippen LogP contribution < -0.4 is 5.56 Å². The highest BCUT2D eigenvalue weighted by Crippen LogP contribution is 2.23. The first-order valence-electron chi connectivity index (χ1n) is 6.76. The molecule has 1 aliphatic carbocycles. The molecular formula is C15H15FN2O2. The van der Waals surface area contributed by atoms with Crippen LogP contribution in [0.2, 0.25) is 0 Å². The molecule has 2 N–H and O–H groups in total. The number of benzene rings is 1. The van der Waals surface area contributed by atoms with Crippen LogP contribution in [-0.2, 0) is 12.8 Å². The Kier molecular flexibility index (Phi) is 3.26. The van der Waals surface area contributed by atoms with Gasteiger partial charge in [-0.05, 0) is 43.9 Å². The fourth-order valence-electron chi connectivity index (χ4n) is 2.57. The Morgan fingerprint density at radius 2 is 2.00 bits per heavy atom. The van der Waals surface area contributed by atoms with E-state index in [0.29, 0.717) is 11.4 Å². The number of aryl methyl sites for hydroxylation is 1. The van der Waals surface area contributed by atoms with Crippen molar-refractivity contribution >= 4 is 0 Å². The SMILES string of the molecule is O=c1[nH]c(-c2ccc(O)c(F)c2)nc2c1CCCCC2. The lowest BCUT2D eigenvalue weighted by atomic mass is 10.1. The van der Waals surface area contributed by atoms with E-state index in [1.807, 2.05) is 0 Å². The standard InChI is InChI=1S/C15H15FN2O2/c16-11-8-9(6-7-13(11)19)14-17-12-5-3-1-2-4-10(12)15(20)18-14/h6-8,19H,1-5H2,(H,17,18,20). The number of H-pyrrole nitrogens is 1. The molecule has 1 heterocycles. The Balaban J connectivity index is 2.10. The number of rotatable bonds is 1. The second-order valence-electron chi connectivity index (χ2n) is 5.07. The van der Waals surface area contributed by atoms with E-state index in [4.69, 9.17) is 0 Å². The summed E-state index contributed by atoms with van der Waals surface area (Å²) in [5, 5.41) is 9.21. The van der Waals surface area contributed by atoms with Gasteiger partial charge in [-0.3, -0.25) is 4.79 Å². The molecule has 0 radical (unpaired) electrons. The van der Waals surface area contributed by atoms with E-state index in [9.17, 15) is 14.3 Å². The molecule has 5 heteroatoms. The number of hydrogen-bond acceptors (Lipinski definition) is 3. The lowest BCUT2D eigenvalue weighted by molar-refractivity contribution is 0.432. The van der Waals surface area contributed by atoms with Gasteiger partial charge in [0.25, 0.3) is 5.56 Å². The summed E-state index contributed by atoms with van der Waals surface area (Å²) in [6.45, 7) is 0. The normalized spacial score (nSPS) is 14.7. The van der Waals surface area contributed by atoms with E-state index in [1.165, 1.54) is 12.1 Å². The molecular weight excluding hydrogens is 259 g/mol. The molecule has 1 aliphatic rings. The van der Waals surface area contributed by atoms with E-state index in [1.54, 1.807) is 6.07 Å². The first-order chi connectivity index (χ1) is 9.65. The topological polar surface area (TPSA) is 66.0 Å². The van der Waals surface area contributed by atoms with Crippen molar-refractivity contribution in [2.24, 2.45) is 0 Å². The fraction of sp³-hybridized carbons (Fsp3) is 0.333. The van der Waals surface area contributed by atoms with Crippen LogP contribution >= 0.6 is 0 Å². The third kappa shape index (κ3) is 2.31. The van der Waals surface area contributed by atoms with Gasteiger partial charge in [0.1, 0.15) is 5.82 Å². The maximum absolute atomic E-state index is 13.4. The number of phenols is 1. The summed E-state index contributed by atoms with van der Waals surface area (Å²) in [5.74, 6) is -0.777. The number of aromatic amines is 1. The average molecular weight is 274 g/mol. The van der Waals surface area contributed by atoms with Crippen LogP contribution in [-0.4, -0.2) is 15.1 Å². The van der Waals surface area contributed by atoms with Gasteiger partial charge in [-0.1, -0.05) is 6.42 Å². The predicted octanol–water partition coefficient (Wildman–Crippen LogP) is 2.55. The molecule has 0 saturated heterocycles. The molecule has 104 valence electrons. The molecule has 0 saturated carbocycles. The molecule has 0 spiro atoms. The number of halogens is 1. The second kappa shape index (κ2) is 5.07.